The van der Waals surface area contributed by atoms with Gasteiger partial charge in [0, 0.05) is 31.1 Å². The van der Waals surface area contributed by atoms with E-state index in [2.05, 4.69) is 71.3 Å². The minimum absolute atomic E-state index is 1.08. The molecule has 1 fully saturated rings. The summed E-state index contributed by atoms with van der Waals surface area (Å²) in [7, 11) is 0. The van der Waals surface area contributed by atoms with Crippen LogP contribution in [0.25, 0.3) is 11.1 Å². The Morgan fingerprint density at radius 3 is 2.32 bits per heavy atom. The fourth-order valence-corrected chi connectivity index (χ4v) is 3.54. The van der Waals surface area contributed by atoms with E-state index in [1.54, 1.807) is 0 Å². The fourth-order valence-electron chi connectivity index (χ4n) is 2.56. The van der Waals surface area contributed by atoms with Gasteiger partial charge in [-0.05, 0) is 16.7 Å². The summed E-state index contributed by atoms with van der Waals surface area (Å²) in [6.45, 7) is 3.51. The fraction of sp³-hybridized carbons (Fsp3) is 0.294. The van der Waals surface area contributed by atoms with E-state index in [1.165, 1.54) is 41.3 Å². The van der Waals surface area contributed by atoms with E-state index in [1.807, 2.05) is 0 Å². The summed E-state index contributed by atoms with van der Waals surface area (Å²) in [5.41, 5.74) is 4.14. The molecular formula is C17H19NS. The Bertz CT molecular complexity index is 518. The average molecular weight is 269 g/mol. The van der Waals surface area contributed by atoms with Crippen LogP contribution in [0, 0.1) is 0 Å². The van der Waals surface area contributed by atoms with Crippen molar-refractivity contribution >= 4 is 11.8 Å². The van der Waals surface area contributed by atoms with Crippen molar-refractivity contribution in [3.8, 4) is 11.1 Å². The molecule has 1 saturated heterocycles. The van der Waals surface area contributed by atoms with Crippen LogP contribution in [0.3, 0.4) is 0 Å². The highest BCUT2D eigenvalue weighted by atomic mass is 32.2. The summed E-state index contributed by atoms with van der Waals surface area (Å²) >= 11 is 2.07. The van der Waals surface area contributed by atoms with Crippen LogP contribution in [0.5, 0.6) is 0 Å². The van der Waals surface area contributed by atoms with Crippen LogP contribution in [-0.2, 0) is 6.54 Å². The zero-order valence-electron chi connectivity index (χ0n) is 11.1. The van der Waals surface area contributed by atoms with E-state index in [0.717, 1.165) is 6.54 Å². The van der Waals surface area contributed by atoms with E-state index >= 15 is 0 Å². The number of benzene rings is 2. The van der Waals surface area contributed by atoms with E-state index in [9.17, 15) is 0 Å². The van der Waals surface area contributed by atoms with Crippen LogP contribution in [0.1, 0.15) is 5.56 Å². The lowest BCUT2D eigenvalue weighted by atomic mass is 9.99. The van der Waals surface area contributed by atoms with Crippen LogP contribution < -0.4 is 0 Å². The molecule has 0 unspecified atom stereocenters. The van der Waals surface area contributed by atoms with Crippen molar-refractivity contribution in [2.45, 2.75) is 6.54 Å². The van der Waals surface area contributed by atoms with Crippen molar-refractivity contribution in [3.05, 3.63) is 60.2 Å². The average Bonchev–Trinajstić information content (AvgIpc) is 2.50. The minimum Gasteiger partial charge on any atom is -0.297 e. The molecule has 0 spiro atoms. The van der Waals surface area contributed by atoms with Gasteiger partial charge in [0.2, 0.25) is 0 Å². The molecule has 0 radical (unpaired) electrons. The van der Waals surface area contributed by atoms with Crippen molar-refractivity contribution in [3.63, 3.8) is 0 Å². The molecule has 2 aromatic carbocycles. The van der Waals surface area contributed by atoms with Crippen LogP contribution in [0.15, 0.2) is 54.6 Å². The quantitative estimate of drug-likeness (QED) is 0.831. The third-order valence-electron chi connectivity index (χ3n) is 3.60. The van der Waals surface area contributed by atoms with Gasteiger partial charge >= 0.3 is 0 Å². The Labute approximate surface area is 119 Å². The standard InChI is InChI=1S/C17H19NS/c1-2-6-15(7-3-1)17-9-5-4-8-16(17)14-18-10-12-19-13-11-18/h1-9H,10-14H2. The second-order valence-electron chi connectivity index (χ2n) is 4.91. The molecule has 0 N–H and O–H groups in total. The molecule has 0 bridgehead atoms. The molecule has 3 rings (SSSR count). The molecule has 1 aliphatic rings. The molecule has 1 heterocycles. The van der Waals surface area contributed by atoms with Crippen LogP contribution in [0.4, 0.5) is 0 Å². The third-order valence-corrected chi connectivity index (χ3v) is 4.54. The van der Waals surface area contributed by atoms with E-state index < -0.39 is 0 Å². The smallest absolute Gasteiger partial charge is 0.0240 e. The maximum absolute atomic E-state index is 2.57. The minimum atomic E-state index is 1.08. The summed E-state index contributed by atoms with van der Waals surface area (Å²) < 4.78 is 0. The monoisotopic (exact) mass is 269 g/mol. The van der Waals surface area contributed by atoms with Crippen LogP contribution >= 0.6 is 11.8 Å². The summed E-state index contributed by atoms with van der Waals surface area (Å²) in [6, 6.07) is 19.5. The molecule has 1 nitrogen and oxygen atoms in total. The molecule has 0 amide bonds. The van der Waals surface area contributed by atoms with Gasteiger partial charge in [-0.15, -0.1) is 0 Å². The van der Waals surface area contributed by atoms with Gasteiger partial charge in [0.05, 0.1) is 0 Å². The van der Waals surface area contributed by atoms with Crippen molar-refractivity contribution in [2.24, 2.45) is 0 Å². The molecule has 19 heavy (non-hydrogen) atoms. The summed E-state index contributed by atoms with van der Waals surface area (Å²) in [6.07, 6.45) is 0. The van der Waals surface area contributed by atoms with E-state index in [4.69, 9.17) is 0 Å². The largest absolute Gasteiger partial charge is 0.297 e. The van der Waals surface area contributed by atoms with Crippen LogP contribution in [0.2, 0.25) is 0 Å². The zero-order valence-corrected chi connectivity index (χ0v) is 11.9. The van der Waals surface area contributed by atoms with Gasteiger partial charge in [-0.1, -0.05) is 54.6 Å². The number of hydrogen-bond acceptors (Lipinski definition) is 2. The number of hydrogen-bond donors (Lipinski definition) is 0. The molecule has 0 aromatic heterocycles. The van der Waals surface area contributed by atoms with E-state index in [0.29, 0.717) is 0 Å². The van der Waals surface area contributed by atoms with Gasteiger partial charge in [-0.2, -0.15) is 11.8 Å². The highest BCUT2D eigenvalue weighted by Gasteiger charge is 2.12. The molecule has 98 valence electrons. The summed E-state index contributed by atoms with van der Waals surface area (Å²) in [5, 5.41) is 0. The van der Waals surface area contributed by atoms with Crippen molar-refractivity contribution < 1.29 is 0 Å². The molecule has 2 heteroatoms. The topological polar surface area (TPSA) is 3.24 Å². The van der Waals surface area contributed by atoms with Gasteiger partial charge in [0.1, 0.15) is 0 Å². The van der Waals surface area contributed by atoms with Gasteiger partial charge in [-0.3, -0.25) is 4.90 Å². The lowest BCUT2D eigenvalue weighted by Gasteiger charge is -2.27. The first-order valence-corrected chi connectivity index (χ1v) is 8.02. The third kappa shape index (κ3) is 3.20. The van der Waals surface area contributed by atoms with Crippen molar-refractivity contribution in [1.29, 1.82) is 0 Å². The Balaban J connectivity index is 1.85. The Kier molecular flexibility index (Phi) is 4.21. The molecule has 1 aliphatic heterocycles. The van der Waals surface area contributed by atoms with Gasteiger partial charge in [-0.25, -0.2) is 0 Å². The molecule has 2 aromatic rings. The first-order chi connectivity index (χ1) is 9.43. The second kappa shape index (κ2) is 6.27. The predicted octanol–water partition coefficient (Wildman–Crippen LogP) is 3.90. The normalized spacial score (nSPS) is 16.4. The number of nitrogens with zero attached hydrogens (tertiary/aromatic N) is 1. The molecule has 0 saturated carbocycles. The predicted molar refractivity (Wildman–Crippen MR) is 84.5 cm³/mol. The number of rotatable bonds is 3. The highest BCUT2D eigenvalue weighted by Crippen LogP contribution is 2.25. The maximum Gasteiger partial charge on any atom is 0.0240 e. The van der Waals surface area contributed by atoms with Gasteiger partial charge < -0.3 is 0 Å². The van der Waals surface area contributed by atoms with E-state index in [-0.39, 0.29) is 0 Å². The first kappa shape index (κ1) is 12.8. The second-order valence-corrected chi connectivity index (χ2v) is 6.14. The van der Waals surface area contributed by atoms with Gasteiger partial charge in [0.25, 0.3) is 0 Å². The Morgan fingerprint density at radius 1 is 0.842 bits per heavy atom. The summed E-state index contributed by atoms with van der Waals surface area (Å²) in [5.74, 6) is 2.54. The lowest BCUT2D eigenvalue weighted by Crippen LogP contribution is -2.32. The van der Waals surface area contributed by atoms with Crippen molar-refractivity contribution in [1.82, 2.24) is 4.90 Å². The summed E-state index contributed by atoms with van der Waals surface area (Å²) in [4.78, 5) is 2.57. The maximum atomic E-state index is 2.57. The first-order valence-electron chi connectivity index (χ1n) is 6.87. The Morgan fingerprint density at radius 2 is 1.53 bits per heavy atom. The molecular weight excluding hydrogens is 250 g/mol. The van der Waals surface area contributed by atoms with Crippen LogP contribution in [-0.4, -0.2) is 29.5 Å². The van der Waals surface area contributed by atoms with Crippen molar-refractivity contribution in [2.75, 3.05) is 24.6 Å². The highest BCUT2D eigenvalue weighted by molar-refractivity contribution is 7.99. The number of thioether (sulfide) groups is 1. The SMILES string of the molecule is c1ccc(-c2ccccc2CN2CCSCC2)cc1. The zero-order chi connectivity index (χ0) is 12.9. The lowest BCUT2D eigenvalue weighted by molar-refractivity contribution is 0.295. The Hall–Kier alpha value is -1.25. The molecule has 0 aliphatic carbocycles. The molecule has 0 atom stereocenters. The van der Waals surface area contributed by atoms with Gasteiger partial charge in [0.15, 0.2) is 0 Å².